The molecule has 1 amide bonds. The van der Waals surface area contributed by atoms with Gasteiger partial charge in [-0.25, -0.2) is 4.79 Å². The van der Waals surface area contributed by atoms with Gasteiger partial charge < -0.3 is 10.1 Å². The number of rotatable bonds is 7. The molecule has 0 fully saturated rings. The molecule has 0 saturated heterocycles. The maximum Gasteiger partial charge on any atom is 0.332 e. The number of benzene rings is 1. The number of thiophene rings is 1. The first-order valence-corrected chi connectivity index (χ1v) is 9.83. The fraction of sp³-hybridized carbons (Fsp3) is 0.350. The third-order valence-electron chi connectivity index (χ3n) is 4.68. The van der Waals surface area contributed by atoms with Gasteiger partial charge in [-0.05, 0) is 42.0 Å². The van der Waals surface area contributed by atoms with Crippen molar-refractivity contribution in [1.29, 1.82) is 0 Å². The lowest BCUT2D eigenvalue weighted by molar-refractivity contribution is -0.121. The molecule has 0 saturated carbocycles. The lowest BCUT2D eigenvalue weighted by Crippen LogP contribution is -2.42. The number of hydrogen-bond acceptors (Lipinski definition) is 5. The number of hydrogen-bond donors (Lipinski definition) is 1. The van der Waals surface area contributed by atoms with E-state index in [1.165, 1.54) is 20.5 Å². The minimum Gasteiger partial charge on any atom is -0.383 e. The molecule has 3 aromatic rings. The van der Waals surface area contributed by atoms with Crippen molar-refractivity contribution in [2.24, 2.45) is 0 Å². The Balaban J connectivity index is 2.01. The van der Waals surface area contributed by atoms with Crippen LogP contribution in [0.25, 0.3) is 10.2 Å². The van der Waals surface area contributed by atoms with Gasteiger partial charge in [0.25, 0.3) is 5.56 Å². The number of nitrogens with one attached hydrogen (secondary N) is 1. The molecule has 0 unspecified atom stereocenters. The second-order valence-corrected chi connectivity index (χ2v) is 7.57. The van der Waals surface area contributed by atoms with E-state index in [1.807, 2.05) is 32.0 Å². The third-order valence-corrected chi connectivity index (χ3v) is 5.57. The largest absolute Gasteiger partial charge is 0.383 e. The maximum atomic E-state index is 13.0. The van der Waals surface area contributed by atoms with Crippen molar-refractivity contribution < 1.29 is 9.53 Å². The normalized spacial score (nSPS) is 11.1. The van der Waals surface area contributed by atoms with E-state index in [-0.39, 0.29) is 24.6 Å². The Morgan fingerprint density at radius 1 is 1.14 bits per heavy atom. The quantitative estimate of drug-likeness (QED) is 0.611. The average Bonchev–Trinajstić information content (AvgIpc) is 3.15. The van der Waals surface area contributed by atoms with Crippen LogP contribution in [0.15, 0.2) is 39.2 Å². The molecule has 1 aromatic carbocycles. The van der Waals surface area contributed by atoms with Crippen molar-refractivity contribution >= 4 is 27.5 Å². The molecule has 0 aliphatic rings. The molecule has 0 bridgehead atoms. The molecule has 28 heavy (non-hydrogen) atoms. The van der Waals surface area contributed by atoms with Crippen LogP contribution in [0.4, 0.5) is 0 Å². The number of aryl methyl sites for hydroxylation is 2. The molecular weight excluding hydrogens is 378 g/mol. The molecule has 0 atom stereocenters. The summed E-state index contributed by atoms with van der Waals surface area (Å²) in [4.78, 5) is 38.1. The van der Waals surface area contributed by atoms with E-state index < -0.39 is 5.69 Å². The number of fused-ring (bicyclic) bond motifs is 1. The van der Waals surface area contributed by atoms with Gasteiger partial charge >= 0.3 is 5.69 Å². The Morgan fingerprint density at radius 3 is 2.64 bits per heavy atom. The number of amides is 1. The van der Waals surface area contributed by atoms with Crippen LogP contribution in [0.3, 0.4) is 0 Å². The van der Waals surface area contributed by atoms with Gasteiger partial charge in [0.05, 0.1) is 18.7 Å². The number of nitrogens with zero attached hydrogens (tertiary/aromatic N) is 2. The van der Waals surface area contributed by atoms with Crippen LogP contribution in [-0.4, -0.2) is 35.3 Å². The van der Waals surface area contributed by atoms with Gasteiger partial charge in [-0.3, -0.25) is 18.7 Å². The molecule has 7 nitrogen and oxygen atoms in total. The third kappa shape index (κ3) is 4.07. The van der Waals surface area contributed by atoms with Crippen molar-refractivity contribution in [2.45, 2.75) is 26.9 Å². The SMILES string of the molecule is COCCNC(=O)Cn1c(=O)n(Cc2ccc(C)c(C)c2)c(=O)c2sccc21. The van der Waals surface area contributed by atoms with E-state index >= 15 is 0 Å². The van der Waals surface area contributed by atoms with Crippen molar-refractivity contribution in [1.82, 2.24) is 14.5 Å². The van der Waals surface area contributed by atoms with E-state index in [1.54, 1.807) is 18.6 Å². The summed E-state index contributed by atoms with van der Waals surface area (Å²) in [5.41, 5.74) is 2.78. The summed E-state index contributed by atoms with van der Waals surface area (Å²) >= 11 is 1.27. The number of aromatic nitrogens is 2. The molecule has 3 rings (SSSR count). The highest BCUT2D eigenvalue weighted by Gasteiger charge is 2.16. The van der Waals surface area contributed by atoms with Gasteiger partial charge in [0.1, 0.15) is 11.2 Å². The molecule has 148 valence electrons. The lowest BCUT2D eigenvalue weighted by Gasteiger charge is -2.13. The number of ether oxygens (including phenoxy) is 1. The average molecular weight is 401 g/mol. The Hall–Kier alpha value is -2.71. The van der Waals surface area contributed by atoms with Crippen LogP contribution in [0.5, 0.6) is 0 Å². The number of carbonyl (C=O) groups is 1. The summed E-state index contributed by atoms with van der Waals surface area (Å²) < 4.78 is 7.94. The summed E-state index contributed by atoms with van der Waals surface area (Å²) in [5.74, 6) is -0.303. The van der Waals surface area contributed by atoms with Crippen LogP contribution in [0, 0.1) is 13.8 Å². The summed E-state index contributed by atoms with van der Waals surface area (Å²) in [6, 6.07) is 7.56. The zero-order chi connectivity index (χ0) is 20.3. The fourth-order valence-corrected chi connectivity index (χ4v) is 3.85. The Bertz CT molecular complexity index is 1130. The zero-order valence-corrected chi connectivity index (χ0v) is 17.0. The fourth-order valence-electron chi connectivity index (χ4n) is 3.00. The van der Waals surface area contributed by atoms with Crippen molar-refractivity contribution in [3.63, 3.8) is 0 Å². The first kappa shape index (κ1) is 20.0. The predicted octanol–water partition coefficient (Wildman–Crippen LogP) is 1.65. The van der Waals surface area contributed by atoms with E-state index in [9.17, 15) is 14.4 Å². The van der Waals surface area contributed by atoms with Crippen molar-refractivity contribution in [3.05, 3.63) is 67.2 Å². The van der Waals surface area contributed by atoms with Crippen LogP contribution < -0.4 is 16.6 Å². The second kappa shape index (κ2) is 8.53. The minimum absolute atomic E-state index is 0.150. The Morgan fingerprint density at radius 2 is 1.93 bits per heavy atom. The maximum absolute atomic E-state index is 13.0. The molecule has 1 N–H and O–H groups in total. The number of methoxy groups -OCH3 is 1. The van der Waals surface area contributed by atoms with Gasteiger partial charge in [0.15, 0.2) is 0 Å². The highest BCUT2D eigenvalue weighted by Crippen LogP contribution is 2.16. The van der Waals surface area contributed by atoms with E-state index in [0.717, 1.165) is 16.7 Å². The molecule has 2 aromatic heterocycles. The summed E-state index contributed by atoms with van der Waals surface area (Å²) in [6.45, 7) is 4.77. The predicted molar refractivity (Wildman–Crippen MR) is 110 cm³/mol. The topological polar surface area (TPSA) is 82.3 Å². The van der Waals surface area contributed by atoms with Gasteiger partial charge in [-0.2, -0.15) is 0 Å². The highest BCUT2D eigenvalue weighted by atomic mass is 32.1. The Kier molecular flexibility index (Phi) is 6.11. The van der Waals surface area contributed by atoms with E-state index in [4.69, 9.17) is 4.74 Å². The molecular formula is C20H23N3O4S. The van der Waals surface area contributed by atoms with Crippen molar-refractivity contribution in [3.8, 4) is 0 Å². The molecule has 8 heteroatoms. The molecule has 0 aliphatic heterocycles. The van der Waals surface area contributed by atoms with Crippen LogP contribution >= 0.6 is 11.3 Å². The Labute approximate surface area is 166 Å². The van der Waals surface area contributed by atoms with Gasteiger partial charge in [-0.15, -0.1) is 11.3 Å². The van der Waals surface area contributed by atoms with Gasteiger partial charge in [0.2, 0.25) is 5.91 Å². The summed E-state index contributed by atoms with van der Waals surface area (Å²) in [5, 5.41) is 4.46. The summed E-state index contributed by atoms with van der Waals surface area (Å²) in [7, 11) is 1.55. The monoisotopic (exact) mass is 401 g/mol. The minimum atomic E-state index is -0.490. The summed E-state index contributed by atoms with van der Waals surface area (Å²) in [6.07, 6.45) is 0. The smallest absolute Gasteiger partial charge is 0.332 e. The molecule has 0 radical (unpaired) electrons. The number of carbonyl (C=O) groups excluding carboxylic acids is 1. The lowest BCUT2D eigenvalue weighted by atomic mass is 10.1. The molecule has 0 spiro atoms. The first-order chi connectivity index (χ1) is 13.4. The van der Waals surface area contributed by atoms with E-state index in [2.05, 4.69) is 5.32 Å². The second-order valence-electron chi connectivity index (χ2n) is 6.66. The zero-order valence-electron chi connectivity index (χ0n) is 16.2. The standard InChI is InChI=1S/C20H23N3O4S/c1-13-4-5-15(10-14(13)2)11-23-19(25)18-16(6-9-28-18)22(20(23)26)12-17(24)21-7-8-27-3/h4-6,9-10H,7-8,11-12H2,1-3H3,(H,21,24). The van der Waals surface area contributed by atoms with Crippen LogP contribution in [0.1, 0.15) is 16.7 Å². The van der Waals surface area contributed by atoms with Crippen LogP contribution in [0.2, 0.25) is 0 Å². The van der Waals surface area contributed by atoms with Gasteiger partial charge in [-0.1, -0.05) is 18.2 Å². The molecule has 2 heterocycles. The first-order valence-electron chi connectivity index (χ1n) is 8.95. The van der Waals surface area contributed by atoms with Crippen molar-refractivity contribution in [2.75, 3.05) is 20.3 Å². The van der Waals surface area contributed by atoms with Crippen LogP contribution in [-0.2, 0) is 22.6 Å². The highest BCUT2D eigenvalue weighted by molar-refractivity contribution is 7.17. The molecule has 0 aliphatic carbocycles. The van der Waals surface area contributed by atoms with Gasteiger partial charge in [0, 0.05) is 13.7 Å². The van der Waals surface area contributed by atoms with E-state index in [0.29, 0.717) is 23.4 Å².